The van der Waals surface area contributed by atoms with Crippen molar-refractivity contribution in [1.29, 1.82) is 0 Å². The molecule has 346 valence electrons. The molecule has 2 rings (SSSR count). The number of unbranched alkanes of at least 4 members (excludes halogenated alkanes) is 33. The molecule has 61 heavy (non-hydrogen) atoms. The SMILES string of the molecule is CC=CC(=Nc1ccc(CCCCCCCCCCCCCCCCC)cc1)C(CCCCCCCC)=Nc1ccc(CCCCCCCCCCCCCCCCC)cc1. The van der Waals surface area contributed by atoms with Crippen LogP contribution in [0.15, 0.2) is 70.7 Å². The van der Waals surface area contributed by atoms with Gasteiger partial charge in [-0.25, -0.2) is 4.99 Å². The molecule has 0 N–H and O–H groups in total. The first-order valence-corrected chi connectivity index (χ1v) is 27.2. The van der Waals surface area contributed by atoms with E-state index < -0.39 is 0 Å². The normalized spacial score (nSPS) is 12.3. The fourth-order valence-corrected chi connectivity index (χ4v) is 8.84. The molecule has 0 spiro atoms. The van der Waals surface area contributed by atoms with Gasteiger partial charge in [0, 0.05) is 0 Å². The van der Waals surface area contributed by atoms with E-state index in [0.717, 1.165) is 35.6 Å². The van der Waals surface area contributed by atoms with Crippen LogP contribution < -0.4 is 0 Å². The van der Waals surface area contributed by atoms with Crippen molar-refractivity contribution in [3.05, 3.63) is 71.8 Å². The standard InChI is InChI=1S/C59H100N2/c1-5-9-12-15-18-20-22-24-26-28-30-32-34-36-39-43-54-46-50-56(51-47-54)60-58(42-8-4)59(45-41-38-17-14-11-7-3)61-57-52-48-55(49-53-57)44-40-37-35-33-31-29-27-25-23-21-19-16-13-10-6-2/h8,42,46-53H,5-7,9-41,43-45H2,1-4H3. The molecule has 0 saturated heterocycles. The topological polar surface area (TPSA) is 24.7 Å². The predicted molar refractivity (Wildman–Crippen MR) is 277 cm³/mol. The molecule has 0 aliphatic heterocycles. The van der Waals surface area contributed by atoms with Crippen LogP contribution in [0.5, 0.6) is 0 Å². The predicted octanol–water partition coefficient (Wildman–Crippen LogP) is 20.7. The van der Waals surface area contributed by atoms with E-state index in [0.29, 0.717) is 0 Å². The number of nitrogens with zero attached hydrogens (tertiary/aromatic N) is 2. The molecule has 0 radical (unpaired) electrons. The largest absolute Gasteiger partial charge is 0.251 e. The third-order valence-electron chi connectivity index (χ3n) is 12.9. The van der Waals surface area contributed by atoms with Crippen molar-refractivity contribution in [2.45, 2.75) is 278 Å². The van der Waals surface area contributed by atoms with Crippen LogP contribution in [0.25, 0.3) is 0 Å². The molecule has 2 nitrogen and oxygen atoms in total. The van der Waals surface area contributed by atoms with Crippen molar-refractivity contribution >= 4 is 22.8 Å². The number of hydrogen-bond donors (Lipinski definition) is 0. The molecule has 0 aliphatic rings. The third kappa shape index (κ3) is 31.9. The average molecular weight is 837 g/mol. The fraction of sp³-hybridized carbons (Fsp3) is 0.729. The van der Waals surface area contributed by atoms with Gasteiger partial charge in [-0.2, -0.15) is 0 Å². The van der Waals surface area contributed by atoms with Gasteiger partial charge in [-0.15, -0.1) is 0 Å². The summed E-state index contributed by atoms with van der Waals surface area (Å²) in [5.41, 5.74) is 7.09. The van der Waals surface area contributed by atoms with Crippen molar-refractivity contribution in [3.8, 4) is 0 Å². The molecule has 0 aromatic heterocycles. The molecule has 0 saturated carbocycles. The highest BCUT2D eigenvalue weighted by molar-refractivity contribution is 6.47. The van der Waals surface area contributed by atoms with E-state index in [-0.39, 0.29) is 0 Å². The van der Waals surface area contributed by atoms with Gasteiger partial charge in [0.25, 0.3) is 0 Å². The molecular formula is C59H100N2. The first kappa shape index (κ1) is 54.7. The molecule has 0 fully saturated rings. The first-order chi connectivity index (χ1) is 30.2. The number of allylic oxidation sites excluding steroid dienone is 2. The van der Waals surface area contributed by atoms with E-state index in [2.05, 4.69) is 88.4 Å². The van der Waals surface area contributed by atoms with E-state index in [1.807, 2.05) is 0 Å². The summed E-state index contributed by atoms with van der Waals surface area (Å²) in [4.78, 5) is 10.5. The van der Waals surface area contributed by atoms with Gasteiger partial charge in [0.05, 0.1) is 22.8 Å². The highest BCUT2D eigenvalue weighted by Gasteiger charge is 2.09. The lowest BCUT2D eigenvalue weighted by atomic mass is 10.0. The Kier molecular flexibility index (Phi) is 37.2. The second kappa shape index (κ2) is 41.5. The fourth-order valence-electron chi connectivity index (χ4n) is 8.84. The maximum atomic E-state index is 5.28. The minimum absolute atomic E-state index is 0.966. The van der Waals surface area contributed by atoms with Gasteiger partial charge >= 0.3 is 0 Å². The monoisotopic (exact) mass is 837 g/mol. The van der Waals surface area contributed by atoms with Crippen LogP contribution in [0, 0.1) is 0 Å². The van der Waals surface area contributed by atoms with Crippen molar-refractivity contribution in [3.63, 3.8) is 0 Å². The van der Waals surface area contributed by atoms with Crippen LogP contribution >= 0.6 is 0 Å². The summed E-state index contributed by atoms with van der Waals surface area (Å²) < 4.78 is 0. The molecular weight excluding hydrogens is 737 g/mol. The Morgan fingerprint density at radius 3 is 0.934 bits per heavy atom. The van der Waals surface area contributed by atoms with Crippen LogP contribution in [0.2, 0.25) is 0 Å². The lowest BCUT2D eigenvalue weighted by Crippen LogP contribution is -2.12. The molecule has 0 atom stereocenters. The highest BCUT2D eigenvalue weighted by Crippen LogP contribution is 2.22. The molecule has 0 unspecified atom stereocenters. The number of aryl methyl sites for hydroxylation is 2. The molecule has 0 aliphatic carbocycles. The minimum atomic E-state index is 0.966. The van der Waals surface area contributed by atoms with Gasteiger partial charge < -0.3 is 0 Å². The van der Waals surface area contributed by atoms with Gasteiger partial charge in [0.2, 0.25) is 0 Å². The molecule has 0 heterocycles. The van der Waals surface area contributed by atoms with Crippen LogP contribution in [0.4, 0.5) is 11.4 Å². The Balaban J connectivity index is 1.79. The molecule has 0 bridgehead atoms. The Bertz CT molecular complexity index is 1320. The van der Waals surface area contributed by atoms with Gasteiger partial charge in [-0.1, -0.05) is 263 Å². The Hall–Kier alpha value is -2.48. The number of hydrogen-bond acceptors (Lipinski definition) is 2. The number of aliphatic imine (C=N–C) groups is 2. The lowest BCUT2D eigenvalue weighted by molar-refractivity contribution is 0.532. The molecule has 2 aromatic rings. The summed E-state index contributed by atoms with van der Waals surface area (Å²) in [5, 5.41) is 0. The Labute approximate surface area is 381 Å². The second-order valence-corrected chi connectivity index (χ2v) is 18.8. The zero-order valence-corrected chi connectivity index (χ0v) is 41.2. The summed E-state index contributed by atoms with van der Waals surface area (Å²) in [6.45, 7) is 9.01. The van der Waals surface area contributed by atoms with Gasteiger partial charge in [0.15, 0.2) is 0 Å². The quantitative estimate of drug-likeness (QED) is 0.0470. The van der Waals surface area contributed by atoms with Gasteiger partial charge in [-0.05, 0) is 86.9 Å². The lowest BCUT2D eigenvalue weighted by Gasteiger charge is -2.10. The van der Waals surface area contributed by atoms with Crippen LogP contribution in [-0.4, -0.2) is 11.4 Å². The van der Waals surface area contributed by atoms with Crippen molar-refractivity contribution in [2.75, 3.05) is 0 Å². The van der Waals surface area contributed by atoms with E-state index in [4.69, 9.17) is 9.98 Å². The van der Waals surface area contributed by atoms with Crippen LogP contribution in [0.1, 0.15) is 276 Å². The molecule has 2 aromatic carbocycles. The van der Waals surface area contributed by atoms with E-state index in [1.165, 1.54) is 249 Å². The van der Waals surface area contributed by atoms with E-state index in [9.17, 15) is 0 Å². The zero-order valence-electron chi connectivity index (χ0n) is 41.2. The third-order valence-corrected chi connectivity index (χ3v) is 12.9. The summed E-state index contributed by atoms with van der Waals surface area (Å²) in [5.74, 6) is 0. The zero-order chi connectivity index (χ0) is 43.5. The number of rotatable bonds is 43. The summed E-state index contributed by atoms with van der Waals surface area (Å²) in [6.07, 6.45) is 57.8. The van der Waals surface area contributed by atoms with Crippen molar-refractivity contribution in [2.24, 2.45) is 9.98 Å². The molecule has 2 heteroatoms. The van der Waals surface area contributed by atoms with Gasteiger partial charge in [-0.3, -0.25) is 4.99 Å². The van der Waals surface area contributed by atoms with Crippen molar-refractivity contribution < 1.29 is 0 Å². The maximum Gasteiger partial charge on any atom is 0.0848 e. The summed E-state index contributed by atoms with van der Waals surface area (Å²) in [7, 11) is 0. The summed E-state index contributed by atoms with van der Waals surface area (Å²) >= 11 is 0. The van der Waals surface area contributed by atoms with E-state index in [1.54, 1.807) is 0 Å². The minimum Gasteiger partial charge on any atom is -0.251 e. The summed E-state index contributed by atoms with van der Waals surface area (Å²) in [6, 6.07) is 18.2. The van der Waals surface area contributed by atoms with Crippen molar-refractivity contribution in [1.82, 2.24) is 0 Å². The Morgan fingerprint density at radius 2 is 0.623 bits per heavy atom. The average Bonchev–Trinajstić information content (AvgIpc) is 3.28. The Morgan fingerprint density at radius 1 is 0.344 bits per heavy atom. The highest BCUT2D eigenvalue weighted by atomic mass is 14.8. The first-order valence-electron chi connectivity index (χ1n) is 27.2. The maximum absolute atomic E-state index is 5.28. The smallest absolute Gasteiger partial charge is 0.0848 e. The van der Waals surface area contributed by atoms with Crippen LogP contribution in [-0.2, 0) is 12.8 Å². The van der Waals surface area contributed by atoms with Gasteiger partial charge in [0.1, 0.15) is 0 Å². The van der Waals surface area contributed by atoms with E-state index >= 15 is 0 Å². The van der Waals surface area contributed by atoms with Crippen LogP contribution in [0.3, 0.4) is 0 Å². The number of benzene rings is 2. The molecule has 0 amide bonds. The second-order valence-electron chi connectivity index (χ2n) is 18.8.